The monoisotopic (exact) mass is 234 g/mol. The largest absolute Gasteiger partial charge is 0.478 e. The summed E-state index contributed by atoms with van der Waals surface area (Å²) in [6, 6.07) is 0. The Bertz CT molecular complexity index is 541. The van der Waals surface area contributed by atoms with Crippen LogP contribution in [0.4, 0.5) is 0 Å². The molecule has 17 heavy (non-hydrogen) atoms. The second-order valence-corrected chi connectivity index (χ2v) is 3.90. The van der Waals surface area contributed by atoms with E-state index in [1.807, 2.05) is 17.8 Å². The first-order chi connectivity index (χ1) is 8.08. The summed E-state index contributed by atoms with van der Waals surface area (Å²) in [7, 11) is 1.93. The molecule has 2 rings (SSSR count). The van der Waals surface area contributed by atoms with Gasteiger partial charge in [0.1, 0.15) is 11.4 Å². The molecule has 2 aromatic heterocycles. The Kier molecular flexibility index (Phi) is 2.95. The van der Waals surface area contributed by atoms with Gasteiger partial charge in [0, 0.05) is 38.6 Å². The summed E-state index contributed by atoms with van der Waals surface area (Å²) in [4.78, 5) is 15.1. The van der Waals surface area contributed by atoms with Crippen LogP contribution in [0.3, 0.4) is 0 Å². The number of aryl methyl sites for hydroxylation is 4. The highest BCUT2D eigenvalue weighted by molar-refractivity contribution is 5.88. The fraction of sp³-hybridized carbons (Fsp3) is 0.364. The Morgan fingerprint density at radius 2 is 2.29 bits per heavy atom. The van der Waals surface area contributed by atoms with Gasteiger partial charge in [0.15, 0.2) is 0 Å². The van der Waals surface area contributed by atoms with Crippen LogP contribution in [0.25, 0.3) is 0 Å². The first kappa shape index (κ1) is 11.4. The van der Waals surface area contributed by atoms with Crippen LogP contribution in [0.1, 0.15) is 21.9 Å². The third kappa shape index (κ3) is 2.35. The van der Waals surface area contributed by atoms with Gasteiger partial charge in [-0.1, -0.05) is 0 Å². The number of aromatic carboxylic acids is 1. The molecule has 2 aromatic rings. The van der Waals surface area contributed by atoms with E-state index in [1.165, 1.54) is 0 Å². The molecule has 0 saturated carbocycles. The molecule has 0 radical (unpaired) electrons. The molecule has 0 aliphatic carbocycles. The molecular weight excluding hydrogens is 220 g/mol. The summed E-state index contributed by atoms with van der Waals surface area (Å²) in [5.41, 5.74) is 0.794. The van der Waals surface area contributed by atoms with Crippen molar-refractivity contribution in [3.63, 3.8) is 0 Å². The molecule has 0 spiro atoms. The molecule has 0 atom stereocenters. The maximum absolute atomic E-state index is 10.9. The van der Waals surface area contributed by atoms with Gasteiger partial charge in [-0.15, -0.1) is 0 Å². The number of aromatic nitrogens is 4. The van der Waals surface area contributed by atoms with Crippen molar-refractivity contribution in [1.82, 2.24) is 19.3 Å². The van der Waals surface area contributed by atoms with Gasteiger partial charge in [-0.3, -0.25) is 4.68 Å². The van der Waals surface area contributed by atoms with Crippen molar-refractivity contribution in [2.75, 3.05) is 0 Å². The Morgan fingerprint density at radius 3 is 2.82 bits per heavy atom. The number of carboxylic acids is 1. The molecule has 0 aliphatic rings. The summed E-state index contributed by atoms with van der Waals surface area (Å²) in [5, 5.41) is 13.1. The first-order valence-corrected chi connectivity index (χ1v) is 5.31. The van der Waals surface area contributed by atoms with Crippen LogP contribution in [-0.4, -0.2) is 30.4 Å². The lowest BCUT2D eigenvalue weighted by Gasteiger charge is -2.01. The van der Waals surface area contributed by atoms with Gasteiger partial charge in [-0.25, -0.2) is 9.78 Å². The molecule has 90 valence electrons. The van der Waals surface area contributed by atoms with Crippen molar-refractivity contribution in [2.45, 2.75) is 19.9 Å². The van der Waals surface area contributed by atoms with E-state index in [9.17, 15) is 4.79 Å². The smallest absolute Gasteiger partial charge is 0.339 e. The van der Waals surface area contributed by atoms with Crippen molar-refractivity contribution in [3.8, 4) is 0 Å². The fourth-order valence-corrected chi connectivity index (χ4v) is 1.69. The summed E-state index contributed by atoms with van der Waals surface area (Å²) in [6.45, 7) is 2.32. The molecule has 0 amide bonds. The molecule has 0 aromatic carbocycles. The van der Waals surface area contributed by atoms with Gasteiger partial charge in [0.05, 0.1) is 5.69 Å². The SMILES string of the molecule is Cc1nn(CCc2nccn2C)cc1C(=O)O. The molecule has 0 fully saturated rings. The molecule has 2 heterocycles. The van der Waals surface area contributed by atoms with Gasteiger partial charge >= 0.3 is 5.97 Å². The lowest BCUT2D eigenvalue weighted by atomic mass is 10.3. The minimum absolute atomic E-state index is 0.254. The average Bonchev–Trinajstić information content (AvgIpc) is 2.82. The Balaban J connectivity index is 2.07. The maximum Gasteiger partial charge on any atom is 0.339 e. The van der Waals surface area contributed by atoms with Crippen molar-refractivity contribution >= 4 is 5.97 Å². The molecular formula is C11H14N4O2. The summed E-state index contributed by atoms with van der Waals surface area (Å²) < 4.78 is 3.59. The van der Waals surface area contributed by atoms with Gasteiger partial charge in [0.2, 0.25) is 0 Å². The standard InChI is InChI=1S/C11H14N4O2/c1-8-9(11(16)17)7-15(13-8)5-3-10-12-4-6-14(10)2/h4,6-7H,3,5H2,1-2H3,(H,16,17). The van der Waals surface area contributed by atoms with Crippen LogP contribution >= 0.6 is 0 Å². The van der Waals surface area contributed by atoms with Crippen LogP contribution in [0.2, 0.25) is 0 Å². The van der Waals surface area contributed by atoms with E-state index in [1.54, 1.807) is 24.0 Å². The molecule has 0 unspecified atom stereocenters. The predicted octanol–water partition coefficient (Wildman–Crippen LogP) is 0.866. The Morgan fingerprint density at radius 1 is 1.53 bits per heavy atom. The lowest BCUT2D eigenvalue weighted by Crippen LogP contribution is -2.06. The fourth-order valence-electron chi connectivity index (χ4n) is 1.69. The second-order valence-electron chi connectivity index (χ2n) is 3.90. The van der Waals surface area contributed by atoms with Crippen molar-refractivity contribution < 1.29 is 9.90 Å². The number of carbonyl (C=O) groups is 1. The van der Waals surface area contributed by atoms with Crippen LogP contribution in [0.5, 0.6) is 0 Å². The molecule has 6 heteroatoms. The van der Waals surface area contributed by atoms with E-state index >= 15 is 0 Å². The third-order valence-electron chi connectivity index (χ3n) is 2.66. The second kappa shape index (κ2) is 4.40. The summed E-state index contributed by atoms with van der Waals surface area (Å²) in [5.74, 6) is 0.0146. The van der Waals surface area contributed by atoms with Crippen molar-refractivity contribution in [1.29, 1.82) is 0 Å². The molecule has 6 nitrogen and oxygen atoms in total. The van der Waals surface area contributed by atoms with Crippen LogP contribution in [0.15, 0.2) is 18.6 Å². The highest BCUT2D eigenvalue weighted by atomic mass is 16.4. The zero-order valence-electron chi connectivity index (χ0n) is 9.79. The van der Waals surface area contributed by atoms with E-state index in [-0.39, 0.29) is 5.56 Å². The van der Waals surface area contributed by atoms with E-state index < -0.39 is 5.97 Å². The predicted molar refractivity (Wildman–Crippen MR) is 60.8 cm³/mol. The average molecular weight is 234 g/mol. The van der Waals surface area contributed by atoms with Gasteiger partial charge in [-0.05, 0) is 6.92 Å². The van der Waals surface area contributed by atoms with E-state index in [0.717, 1.165) is 12.2 Å². The number of nitrogens with zero attached hydrogens (tertiary/aromatic N) is 4. The zero-order valence-corrected chi connectivity index (χ0v) is 9.79. The highest BCUT2D eigenvalue weighted by Crippen LogP contribution is 2.06. The van der Waals surface area contributed by atoms with Crippen LogP contribution in [0, 0.1) is 6.92 Å². The highest BCUT2D eigenvalue weighted by Gasteiger charge is 2.11. The lowest BCUT2D eigenvalue weighted by molar-refractivity contribution is 0.0696. The van der Waals surface area contributed by atoms with Crippen LogP contribution in [-0.2, 0) is 20.0 Å². The summed E-state index contributed by atoms with van der Waals surface area (Å²) in [6.07, 6.45) is 5.91. The minimum Gasteiger partial charge on any atom is -0.478 e. The molecule has 0 bridgehead atoms. The zero-order chi connectivity index (χ0) is 12.4. The van der Waals surface area contributed by atoms with E-state index in [4.69, 9.17) is 5.11 Å². The van der Waals surface area contributed by atoms with Crippen molar-refractivity contribution in [3.05, 3.63) is 35.7 Å². The van der Waals surface area contributed by atoms with E-state index in [0.29, 0.717) is 12.2 Å². The van der Waals surface area contributed by atoms with Crippen molar-refractivity contribution in [2.24, 2.45) is 7.05 Å². The molecule has 0 aliphatic heterocycles. The minimum atomic E-state index is -0.939. The maximum atomic E-state index is 10.9. The number of hydrogen-bond donors (Lipinski definition) is 1. The normalized spacial score (nSPS) is 10.7. The van der Waals surface area contributed by atoms with Crippen LogP contribution < -0.4 is 0 Å². The number of hydrogen-bond acceptors (Lipinski definition) is 3. The van der Waals surface area contributed by atoms with Gasteiger partial charge < -0.3 is 9.67 Å². The first-order valence-electron chi connectivity index (χ1n) is 5.31. The third-order valence-corrected chi connectivity index (χ3v) is 2.66. The Labute approximate surface area is 98.5 Å². The number of rotatable bonds is 4. The topological polar surface area (TPSA) is 72.9 Å². The number of carboxylic acid groups (broad SMARTS) is 1. The quantitative estimate of drug-likeness (QED) is 0.851. The number of imidazole rings is 1. The van der Waals surface area contributed by atoms with E-state index in [2.05, 4.69) is 10.1 Å². The van der Waals surface area contributed by atoms with Gasteiger partial charge in [0.25, 0.3) is 0 Å². The molecule has 0 saturated heterocycles. The summed E-state index contributed by atoms with van der Waals surface area (Å²) >= 11 is 0. The molecule has 1 N–H and O–H groups in total. The Hall–Kier alpha value is -2.11. The van der Waals surface area contributed by atoms with Gasteiger partial charge in [-0.2, -0.15) is 5.10 Å².